The molecule has 4 heterocycles. The van der Waals surface area contributed by atoms with Crippen molar-refractivity contribution in [2.75, 3.05) is 7.05 Å². The summed E-state index contributed by atoms with van der Waals surface area (Å²) in [5.41, 5.74) is 9.09. The van der Waals surface area contributed by atoms with Gasteiger partial charge in [0.25, 0.3) is 0 Å². The minimum atomic E-state index is -0.154. The summed E-state index contributed by atoms with van der Waals surface area (Å²) < 4.78 is 0. The molecule has 1 aliphatic heterocycles. The molecule has 0 bridgehead atoms. The van der Waals surface area contributed by atoms with Gasteiger partial charge in [-0.2, -0.15) is 0 Å². The van der Waals surface area contributed by atoms with Crippen molar-refractivity contribution in [1.29, 1.82) is 0 Å². The molecule has 0 aromatic carbocycles. The van der Waals surface area contributed by atoms with Crippen LogP contribution >= 0.6 is 11.3 Å². The van der Waals surface area contributed by atoms with Crippen LogP contribution in [-0.2, 0) is 0 Å². The molecule has 0 saturated heterocycles. The van der Waals surface area contributed by atoms with Crippen molar-refractivity contribution in [1.82, 2.24) is 14.9 Å². The molecule has 0 saturated carbocycles. The van der Waals surface area contributed by atoms with Crippen molar-refractivity contribution in [3.05, 3.63) is 41.5 Å². The van der Waals surface area contributed by atoms with Gasteiger partial charge in [0.1, 0.15) is 11.0 Å². The molecule has 5 nitrogen and oxygen atoms in total. The zero-order valence-corrected chi connectivity index (χ0v) is 12.2. The third kappa shape index (κ3) is 1.91. The summed E-state index contributed by atoms with van der Waals surface area (Å²) in [5.74, 6) is 0. The van der Waals surface area contributed by atoms with Gasteiger partial charge >= 0.3 is 0 Å². The van der Waals surface area contributed by atoms with E-state index in [1.165, 1.54) is 0 Å². The lowest BCUT2D eigenvalue weighted by Gasteiger charge is -2.24. The standard InChI is InChI=1S/C15H13N5S/c1-20-8-18-12-10-4-5-11(9-3-2-6-17-7-9)19-15(10)21-13(12)14(20)16/h2-8,14H,16H2,1H3. The summed E-state index contributed by atoms with van der Waals surface area (Å²) in [4.78, 5) is 17.3. The third-order valence-electron chi connectivity index (χ3n) is 3.59. The maximum Gasteiger partial charge on any atom is 0.126 e. The number of aromatic nitrogens is 2. The molecule has 1 aliphatic rings. The molecular formula is C15H13N5S. The molecule has 0 aliphatic carbocycles. The Labute approximate surface area is 125 Å². The summed E-state index contributed by atoms with van der Waals surface area (Å²) in [6, 6.07) is 7.99. The average molecular weight is 295 g/mol. The Balaban J connectivity index is 1.90. The van der Waals surface area contributed by atoms with Gasteiger partial charge in [0.2, 0.25) is 0 Å². The topological polar surface area (TPSA) is 67.4 Å². The van der Waals surface area contributed by atoms with Gasteiger partial charge in [0.05, 0.1) is 22.6 Å². The maximum atomic E-state index is 6.21. The van der Waals surface area contributed by atoms with Crippen LogP contribution < -0.4 is 5.73 Å². The predicted octanol–water partition coefficient (Wildman–Crippen LogP) is 2.92. The molecule has 104 valence electrons. The summed E-state index contributed by atoms with van der Waals surface area (Å²) in [5, 5.41) is 1.06. The van der Waals surface area contributed by atoms with Gasteiger partial charge in [-0.05, 0) is 24.3 Å². The lowest BCUT2D eigenvalue weighted by atomic mass is 10.1. The molecule has 3 aromatic rings. The Morgan fingerprint density at radius 1 is 1.29 bits per heavy atom. The molecule has 0 fully saturated rings. The zero-order valence-electron chi connectivity index (χ0n) is 11.4. The van der Waals surface area contributed by atoms with Crippen molar-refractivity contribution in [2.24, 2.45) is 10.7 Å². The summed E-state index contributed by atoms with van der Waals surface area (Å²) >= 11 is 1.61. The van der Waals surface area contributed by atoms with E-state index in [9.17, 15) is 0 Å². The van der Waals surface area contributed by atoms with Gasteiger partial charge in [0.15, 0.2) is 0 Å². The summed E-state index contributed by atoms with van der Waals surface area (Å²) in [7, 11) is 1.93. The first-order valence-corrected chi connectivity index (χ1v) is 7.41. The molecular weight excluding hydrogens is 282 g/mol. The van der Waals surface area contributed by atoms with Crippen LogP contribution in [0.3, 0.4) is 0 Å². The van der Waals surface area contributed by atoms with E-state index in [1.54, 1.807) is 23.9 Å². The highest BCUT2D eigenvalue weighted by atomic mass is 32.1. The number of nitrogens with two attached hydrogens (primary N) is 1. The van der Waals surface area contributed by atoms with Crippen LogP contribution in [0, 0.1) is 0 Å². The fourth-order valence-electron chi connectivity index (χ4n) is 2.40. The highest BCUT2D eigenvalue weighted by Crippen LogP contribution is 2.42. The van der Waals surface area contributed by atoms with E-state index in [2.05, 4.69) is 16.0 Å². The van der Waals surface area contributed by atoms with Crippen LogP contribution in [0.5, 0.6) is 0 Å². The number of hydrogen-bond donors (Lipinski definition) is 1. The molecule has 0 spiro atoms. The first-order chi connectivity index (χ1) is 10.2. The van der Waals surface area contributed by atoms with Gasteiger partial charge in [-0.3, -0.25) is 4.98 Å². The van der Waals surface area contributed by atoms with E-state index in [-0.39, 0.29) is 6.17 Å². The van der Waals surface area contributed by atoms with E-state index in [0.29, 0.717) is 0 Å². The molecule has 6 heteroatoms. The minimum absolute atomic E-state index is 0.154. The van der Waals surface area contributed by atoms with Crippen LogP contribution in [0.25, 0.3) is 21.5 Å². The van der Waals surface area contributed by atoms with E-state index >= 15 is 0 Å². The SMILES string of the molecule is CN1C=Nc2c(sc3nc(-c4cccnc4)ccc23)C1N. The van der Waals surface area contributed by atoms with Crippen molar-refractivity contribution < 1.29 is 0 Å². The number of pyridine rings is 2. The molecule has 3 aromatic heterocycles. The lowest BCUT2D eigenvalue weighted by Crippen LogP contribution is -2.31. The summed E-state index contributed by atoms with van der Waals surface area (Å²) in [6.07, 6.45) is 5.20. The molecule has 0 radical (unpaired) electrons. The number of aliphatic imine (C=N–C) groups is 1. The molecule has 2 N–H and O–H groups in total. The number of rotatable bonds is 1. The lowest BCUT2D eigenvalue weighted by molar-refractivity contribution is 0.397. The third-order valence-corrected chi connectivity index (χ3v) is 4.75. The smallest absolute Gasteiger partial charge is 0.126 e. The molecule has 4 rings (SSSR count). The van der Waals surface area contributed by atoms with E-state index in [1.807, 2.05) is 36.3 Å². The van der Waals surface area contributed by atoms with E-state index in [4.69, 9.17) is 10.7 Å². The van der Waals surface area contributed by atoms with Crippen molar-refractivity contribution >= 4 is 33.6 Å². The average Bonchev–Trinajstić information content (AvgIpc) is 2.90. The molecule has 1 unspecified atom stereocenters. The van der Waals surface area contributed by atoms with Gasteiger partial charge in [-0.1, -0.05) is 0 Å². The van der Waals surface area contributed by atoms with Crippen LogP contribution in [0.4, 0.5) is 5.69 Å². The number of nitrogens with zero attached hydrogens (tertiary/aromatic N) is 4. The number of fused-ring (bicyclic) bond motifs is 3. The quantitative estimate of drug-likeness (QED) is 0.749. The second kappa shape index (κ2) is 4.61. The minimum Gasteiger partial charge on any atom is -0.345 e. The first-order valence-electron chi connectivity index (χ1n) is 6.59. The Morgan fingerprint density at radius 2 is 2.19 bits per heavy atom. The van der Waals surface area contributed by atoms with Gasteiger partial charge in [0, 0.05) is 30.4 Å². The maximum absolute atomic E-state index is 6.21. The predicted molar refractivity (Wildman–Crippen MR) is 85.7 cm³/mol. The summed E-state index contributed by atoms with van der Waals surface area (Å²) in [6.45, 7) is 0. The Hall–Kier alpha value is -2.31. The Kier molecular flexibility index (Phi) is 2.73. The van der Waals surface area contributed by atoms with E-state index in [0.717, 1.165) is 32.0 Å². The van der Waals surface area contributed by atoms with Crippen molar-refractivity contribution in [3.8, 4) is 11.3 Å². The first kappa shape index (κ1) is 12.4. The second-order valence-electron chi connectivity index (χ2n) is 4.96. The van der Waals surface area contributed by atoms with Crippen molar-refractivity contribution in [3.63, 3.8) is 0 Å². The molecule has 0 amide bonds. The Bertz CT molecular complexity index is 840. The highest BCUT2D eigenvalue weighted by molar-refractivity contribution is 7.19. The number of thiophene rings is 1. The largest absolute Gasteiger partial charge is 0.345 e. The number of hydrogen-bond acceptors (Lipinski definition) is 6. The fourth-order valence-corrected chi connectivity index (χ4v) is 3.57. The van der Waals surface area contributed by atoms with Crippen LogP contribution in [0.1, 0.15) is 11.0 Å². The van der Waals surface area contributed by atoms with Gasteiger partial charge in [-0.15, -0.1) is 11.3 Å². The van der Waals surface area contributed by atoms with Crippen LogP contribution in [0.2, 0.25) is 0 Å². The second-order valence-corrected chi connectivity index (χ2v) is 5.99. The highest BCUT2D eigenvalue weighted by Gasteiger charge is 2.23. The monoisotopic (exact) mass is 295 g/mol. The van der Waals surface area contributed by atoms with Crippen LogP contribution in [-0.4, -0.2) is 28.3 Å². The Morgan fingerprint density at radius 3 is 3.00 bits per heavy atom. The fraction of sp³-hybridized carbons (Fsp3) is 0.133. The molecule has 21 heavy (non-hydrogen) atoms. The normalized spacial score (nSPS) is 17.2. The molecule has 1 atom stereocenters. The van der Waals surface area contributed by atoms with Gasteiger partial charge < -0.3 is 10.6 Å². The van der Waals surface area contributed by atoms with Crippen molar-refractivity contribution in [2.45, 2.75) is 6.17 Å². The van der Waals surface area contributed by atoms with E-state index < -0.39 is 0 Å². The van der Waals surface area contributed by atoms with Crippen LogP contribution in [0.15, 0.2) is 41.7 Å². The zero-order chi connectivity index (χ0) is 14.4. The van der Waals surface area contributed by atoms with Gasteiger partial charge in [-0.25, -0.2) is 9.98 Å².